The highest BCUT2D eigenvalue weighted by atomic mass is 79.9. The number of thiophene rings is 1. The molecular formula is C14H14BrNO2S. The second-order valence-electron chi connectivity index (χ2n) is 4.10. The summed E-state index contributed by atoms with van der Waals surface area (Å²) in [6, 6.07) is 7.54. The Kier molecular flexibility index (Phi) is 4.61. The van der Waals surface area contributed by atoms with Crippen molar-refractivity contribution in [1.29, 1.82) is 0 Å². The van der Waals surface area contributed by atoms with Crippen LogP contribution in [0.15, 0.2) is 39.5 Å². The molecular weight excluding hydrogens is 326 g/mol. The monoisotopic (exact) mass is 339 g/mol. The molecule has 0 unspecified atom stereocenters. The molecule has 1 heterocycles. The maximum absolute atomic E-state index is 12.0. The Balaban J connectivity index is 2.09. The van der Waals surface area contributed by atoms with E-state index in [1.165, 1.54) is 11.3 Å². The van der Waals surface area contributed by atoms with Crippen molar-refractivity contribution in [2.75, 3.05) is 7.11 Å². The van der Waals surface area contributed by atoms with Crippen LogP contribution in [0.2, 0.25) is 0 Å². The first-order valence-electron chi connectivity index (χ1n) is 5.78. The molecule has 19 heavy (non-hydrogen) atoms. The van der Waals surface area contributed by atoms with Gasteiger partial charge in [0.05, 0.1) is 23.2 Å². The van der Waals surface area contributed by atoms with Gasteiger partial charge < -0.3 is 10.1 Å². The number of amides is 1. The molecule has 0 saturated heterocycles. The standard InChI is InChI=1S/C14H14BrNO2S/c1-9(16-14(17)11-5-6-19-8-11)10-3-4-13(18-2)12(15)7-10/h3-9H,1-2H3,(H,16,17)/t9-/m0/s1. The molecule has 0 spiro atoms. The van der Waals surface area contributed by atoms with Gasteiger partial charge in [0, 0.05) is 5.38 Å². The molecule has 0 fully saturated rings. The molecule has 0 bridgehead atoms. The van der Waals surface area contributed by atoms with Crippen molar-refractivity contribution in [3.05, 3.63) is 50.6 Å². The summed E-state index contributed by atoms with van der Waals surface area (Å²) >= 11 is 4.96. The number of halogens is 1. The summed E-state index contributed by atoms with van der Waals surface area (Å²) in [6.45, 7) is 1.96. The second kappa shape index (κ2) is 6.21. The van der Waals surface area contributed by atoms with E-state index in [1.54, 1.807) is 7.11 Å². The van der Waals surface area contributed by atoms with E-state index < -0.39 is 0 Å². The number of carbonyl (C=O) groups is 1. The second-order valence-corrected chi connectivity index (χ2v) is 5.74. The van der Waals surface area contributed by atoms with Crippen molar-refractivity contribution in [2.45, 2.75) is 13.0 Å². The summed E-state index contributed by atoms with van der Waals surface area (Å²) < 4.78 is 6.07. The van der Waals surface area contributed by atoms with Gasteiger partial charge in [0.25, 0.3) is 5.91 Å². The number of ether oxygens (including phenoxy) is 1. The molecule has 5 heteroatoms. The van der Waals surface area contributed by atoms with E-state index in [0.29, 0.717) is 5.56 Å². The summed E-state index contributed by atoms with van der Waals surface area (Å²) in [5, 5.41) is 6.70. The van der Waals surface area contributed by atoms with Crippen LogP contribution < -0.4 is 10.1 Å². The third kappa shape index (κ3) is 3.36. The molecule has 0 saturated carbocycles. The fraction of sp³-hybridized carbons (Fsp3) is 0.214. The maximum atomic E-state index is 12.0. The quantitative estimate of drug-likeness (QED) is 0.913. The smallest absolute Gasteiger partial charge is 0.252 e. The predicted octanol–water partition coefficient (Wildman–Crippen LogP) is 4.01. The lowest BCUT2D eigenvalue weighted by Gasteiger charge is -2.15. The Morgan fingerprint density at radius 2 is 2.21 bits per heavy atom. The minimum Gasteiger partial charge on any atom is -0.496 e. The molecule has 1 atom stereocenters. The molecule has 2 rings (SSSR count). The number of nitrogens with one attached hydrogen (secondary N) is 1. The van der Waals surface area contributed by atoms with Crippen LogP contribution in [0.3, 0.4) is 0 Å². The average molecular weight is 340 g/mol. The first kappa shape index (κ1) is 14.1. The van der Waals surface area contributed by atoms with Crippen LogP contribution >= 0.6 is 27.3 Å². The highest BCUT2D eigenvalue weighted by molar-refractivity contribution is 9.10. The Morgan fingerprint density at radius 3 is 2.79 bits per heavy atom. The highest BCUT2D eigenvalue weighted by Crippen LogP contribution is 2.28. The third-order valence-electron chi connectivity index (χ3n) is 2.81. The number of benzene rings is 1. The van der Waals surface area contributed by atoms with Gasteiger partial charge in [-0.3, -0.25) is 4.79 Å². The highest BCUT2D eigenvalue weighted by Gasteiger charge is 2.13. The zero-order valence-electron chi connectivity index (χ0n) is 10.6. The van der Waals surface area contributed by atoms with E-state index in [0.717, 1.165) is 15.8 Å². The van der Waals surface area contributed by atoms with E-state index >= 15 is 0 Å². The van der Waals surface area contributed by atoms with Gasteiger partial charge in [-0.15, -0.1) is 0 Å². The normalized spacial score (nSPS) is 11.9. The summed E-state index contributed by atoms with van der Waals surface area (Å²) in [5.41, 5.74) is 1.72. The Labute approximate surface area is 124 Å². The van der Waals surface area contributed by atoms with E-state index in [1.807, 2.05) is 41.9 Å². The molecule has 1 aromatic carbocycles. The molecule has 3 nitrogen and oxygen atoms in total. The van der Waals surface area contributed by atoms with Crippen LogP contribution in [0.5, 0.6) is 5.75 Å². The first-order valence-corrected chi connectivity index (χ1v) is 7.52. The van der Waals surface area contributed by atoms with Crippen LogP contribution in [0.1, 0.15) is 28.9 Å². The molecule has 100 valence electrons. The van der Waals surface area contributed by atoms with Gasteiger partial charge in [-0.1, -0.05) is 6.07 Å². The summed E-state index contributed by atoms with van der Waals surface area (Å²) in [4.78, 5) is 12.0. The van der Waals surface area contributed by atoms with Gasteiger partial charge in [-0.05, 0) is 52.0 Å². The van der Waals surface area contributed by atoms with Crippen molar-refractivity contribution in [3.8, 4) is 5.75 Å². The number of hydrogen-bond donors (Lipinski definition) is 1. The number of rotatable bonds is 4. The Hall–Kier alpha value is -1.33. The fourth-order valence-corrected chi connectivity index (χ4v) is 2.90. The molecule has 1 N–H and O–H groups in total. The molecule has 0 aliphatic carbocycles. The Morgan fingerprint density at radius 1 is 1.42 bits per heavy atom. The van der Waals surface area contributed by atoms with Gasteiger partial charge in [0.1, 0.15) is 5.75 Å². The lowest BCUT2D eigenvalue weighted by atomic mass is 10.1. The lowest BCUT2D eigenvalue weighted by molar-refractivity contribution is 0.0940. The van der Waals surface area contributed by atoms with Crippen LogP contribution in [-0.4, -0.2) is 13.0 Å². The van der Waals surface area contributed by atoms with Gasteiger partial charge >= 0.3 is 0 Å². The molecule has 0 radical (unpaired) electrons. The zero-order chi connectivity index (χ0) is 13.8. The van der Waals surface area contributed by atoms with E-state index in [9.17, 15) is 4.79 Å². The molecule has 0 aliphatic rings. The molecule has 1 amide bonds. The van der Waals surface area contributed by atoms with Crippen molar-refractivity contribution in [3.63, 3.8) is 0 Å². The van der Waals surface area contributed by atoms with Gasteiger partial charge in [0.2, 0.25) is 0 Å². The average Bonchev–Trinajstić information content (AvgIpc) is 2.92. The summed E-state index contributed by atoms with van der Waals surface area (Å²) in [6.07, 6.45) is 0. The summed E-state index contributed by atoms with van der Waals surface area (Å²) in [5.74, 6) is 0.723. The molecule has 2 aromatic rings. The van der Waals surface area contributed by atoms with E-state index in [-0.39, 0.29) is 11.9 Å². The van der Waals surface area contributed by atoms with Crippen molar-refractivity contribution < 1.29 is 9.53 Å². The predicted molar refractivity (Wildman–Crippen MR) is 80.9 cm³/mol. The van der Waals surface area contributed by atoms with Crippen molar-refractivity contribution in [1.82, 2.24) is 5.32 Å². The van der Waals surface area contributed by atoms with Crippen LogP contribution in [0.4, 0.5) is 0 Å². The summed E-state index contributed by atoms with van der Waals surface area (Å²) in [7, 11) is 1.63. The van der Waals surface area contributed by atoms with Gasteiger partial charge in [-0.2, -0.15) is 11.3 Å². The van der Waals surface area contributed by atoms with Crippen LogP contribution in [0, 0.1) is 0 Å². The minimum absolute atomic E-state index is 0.0549. The van der Waals surface area contributed by atoms with Crippen molar-refractivity contribution in [2.24, 2.45) is 0 Å². The lowest BCUT2D eigenvalue weighted by Crippen LogP contribution is -2.26. The fourth-order valence-electron chi connectivity index (χ4n) is 1.71. The topological polar surface area (TPSA) is 38.3 Å². The number of hydrogen-bond acceptors (Lipinski definition) is 3. The Bertz CT molecular complexity index is 569. The van der Waals surface area contributed by atoms with Crippen LogP contribution in [0.25, 0.3) is 0 Å². The van der Waals surface area contributed by atoms with E-state index in [2.05, 4.69) is 21.2 Å². The maximum Gasteiger partial charge on any atom is 0.252 e. The largest absolute Gasteiger partial charge is 0.496 e. The van der Waals surface area contributed by atoms with Gasteiger partial charge in [0.15, 0.2) is 0 Å². The van der Waals surface area contributed by atoms with E-state index in [4.69, 9.17) is 4.74 Å². The van der Waals surface area contributed by atoms with Crippen molar-refractivity contribution >= 4 is 33.2 Å². The van der Waals surface area contributed by atoms with Crippen LogP contribution in [-0.2, 0) is 0 Å². The first-order chi connectivity index (χ1) is 9.11. The number of methoxy groups -OCH3 is 1. The SMILES string of the molecule is COc1ccc([C@H](C)NC(=O)c2ccsc2)cc1Br. The number of carbonyl (C=O) groups excluding carboxylic acids is 1. The third-order valence-corrected chi connectivity index (χ3v) is 4.11. The molecule has 0 aliphatic heterocycles. The minimum atomic E-state index is -0.0605. The van der Waals surface area contributed by atoms with Gasteiger partial charge in [-0.25, -0.2) is 0 Å². The zero-order valence-corrected chi connectivity index (χ0v) is 13.0. The molecule has 1 aromatic heterocycles.